The van der Waals surface area contributed by atoms with E-state index in [2.05, 4.69) is 0 Å². The fourth-order valence-corrected chi connectivity index (χ4v) is 4.28. The number of aliphatic hydroxyl groups excluding tert-OH is 5. The van der Waals surface area contributed by atoms with Crippen LogP contribution in [0.15, 0.2) is 47.6 Å². The van der Waals surface area contributed by atoms with Gasteiger partial charge in [-0.1, -0.05) is 0 Å². The summed E-state index contributed by atoms with van der Waals surface area (Å²) in [5, 5.41) is 61.0. The highest BCUT2D eigenvalue weighted by Gasteiger charge is 2.50. The number of carbonyl (C=O) groups is 2. The molecule has 13 nitrogen and oxygen atoms in total. The maximum Gasteiger partial charge on any atom is 0.303 e. The van der Waals surface area contributed by atoms with Gasteiger partial charge in [0.05, 0.1) is 13.7 Å². The van der Waals surface area contributed by atoms with Gasteiger partial charge in [-0.3, -0.25) is 9.59 Å². The number of ether oxygens (including phenoxy) is 5. The molecule has 2 heterocycles. The van der Waals surface area contributed by atoms with Crippen LogP contribution in [0.25, 0.3) is 5.76 Å². The van der Waals surface area contributed by atoms with Crippen molar-refractivity contribution < 1.29 is 63.9 Å². The Morgan fingerprint density at radius 2 is 1.86 bits per heavy atom. The number of esters is 1. The molecule has 1 aromatic carbocycles. The second-order valence-corrected chi connectivity index (χ2v) is 8.53. The number of allylic oxidation sites excluding steroid dienone is 2. The molecule has 2 aliphatic heterocycles. The average molecular weight is 522 g/mol. The van der Waals surface area contributed by atoms with Gasteiger partial charge in [-0.15, -0.1) is 0 Å². The molecule has 0 spiro atoms. The summed E-state index contributed by atoms with van der Waals surface area (Å²) >= 11 is 0. The number of methoxy groups -OCH3 is 1. The van der Waals surface area contributed by atoms with Gasteiger partial charge in [-0.2, -0.15) is 0 Å². The molecule has 0 aromatic heterocycles. The number of benzene rings is 1. The lowest BCUT2D eigenvalue weighted by Crippen LogP contribution is -2.60. The van der Waals surface area contributed by atoms with Crippen LogP contribution >= 0.6 is 0 Å². The molecule has 3 aliphatic rings. The average Bonchev–Trinajstić information content (AvgIpc) is 2.84. The number of Topliss-reactive ketones (excluding diaryl/α,β-unsaturated/α-hetero) is 1. The molecule has 6 N–H and O–H groups in total. The number of carbonyl (C=O) groups excluding carboxylic acids is 2. The van der Waals surface area contributed by atoms with E-state index in [0.717, 1.165) is 13.0 Å². The van der Waals surface area contributed by atoms with E-state index >= 15 is 0 Å². The van der Waals surface area contributed by atoms with Crippen molar-refractivity contribution in [3.05, 3.63) is 53.2 Å². The fraction of sp³-hybridized carbons (Fsp3) is 0.417. The second kappa shape index (κ2) is 10.3. The molecule has 7 atom stereocenters. The predicted octanol–water partition coefficient (Wildman–Crippen LogP) is -0.0618. The first kappa shape index (κ1) is 26.3. The van der Waals surface area contributed by atoms with Crippen molar-refractivity contribution in [2.24, 2.45) is 5.92 Å². The van der Waals surface area contributed by atoms with Crippen molar-refractivity contribution in [3.63, 3.8) is 0 Å². The summed E-state index contributed by atoms with van der Waals surface area (Å²) in [5.41, 5.74) is 0.180. The number of aromatic hydroxyl groups is 1. The van der Waals surface area contributed by atoms with E-state index in [4.69, 9.17) is 23.7 Å². The van der Waals surface area contributed by atoms with E-state index in [1.54, 1.807) is 0 Å². The van der Waals surface area contributed by atoms with Crippen molar-refractivity contribution in [1.29, 1.82) is 0 Å². The molecule has 7 unspecified atom stereocenters. The summed E-state index contributed by atoms with van der Waals surface area (Å²) in [6.45, 7) is 0.312. The Hall–Kier alpha value is -3.78. The fourth-order valence-electron chi connectivity index (χ4n) is 4.28. The molecule has 1 aliphatic carbocycles. The third-order valence-electron chi connectivity index (χ3n) is 6.04. The third kappa shape index (κ3) is 4.93. The molecule has 0 bridgehead atoms. The van der Waals surface area contributed by atoms with E-state index < -0.39 is 72.6 Å². The van der Waals surface area contributed by atoms with Crippen molar-refractivity contribution in [2.45, 2.75) is 43.7 Å². The van der Waals surface area contributed by atoms with Gasteiger partial charge in [0, 0.05) is 18.6 Å². The SMILES string of the molecule is COc1cc(C2=C(OC3OC(CO)C(O)C(OC(C)=O)C3O)C(=O)C3C(O)=CC(O)=CC3O2)ccc1O. The summed E-state index contributed by atoms with van der Waals surface area (Å²) in [7, 11) is 1.31. The molecule has 1 saturated heterocycles. The zero-order valence-corrected chi connectivity index (χ0v) is 19.7. The van der Waals surface area contributed by atoms with Gasteiger partial charge in [0.1, 0.15) is 35.7 Å². The number of phenolic OH excluding ortho intramolecular Hbond substituents is 1. The third-order valence-corrected chi connectivity index (χ3v) is 6.04. The molecule has 0 saturated carbocycles. The van der Waals surface area contributed by atoms with Gasteiger partial charge >= 0.3 is 5.97 Å². The molecule has 4 rings (SSSR count). The van der Waals surface area contributed by atoms with Crippen molar-refractivity contribution in [1.82, 2.24) is 0 Å². The normalized spacial score (nSPS) is 31.5. The van der Waals surface area contributed by atoms with E-state index in [0.29, 0.717) is 0 Å². The first-order chi connectivity index (χ1) is 17.5. The van der Waals surface area contributed by atoms with Crippen LogP contribution in [0, 0.1) is 5.92 Å². The largest absolute Gasteiger partial charge is 0.511 e. The maximum absolute atomic E-state index is 13.6. The lowest BCUT2D eigenvalue weighted by molar-refractivity contribution is -0.294. The maximum atomic E-state index is 13.6. The Morgan fingerprint density at radius 3 is 2.51 bits per heavy atom. The van der Waals surface area contributed by atoms with Crippen LogP contribution in [-0.4, -0.2) is 92.9 Å². The van der Waals surface area contributed by atoms with E-state index in [9.17, 15) is 40.2 Å². The topological polar surface area (TPSA) is 202 Å². The number of ketones is 1. The second-order valence-electron chi connectivity index (χ2n) is 8.53. The highest BCUT2D eigenvalue weighted by atomic mass is 16.7. The Balaban J connectivity index is 1.79. The summed E-state index contributed by atoms with van der Waals surface area (Å²) in [5.74, 6) is -4.74. The van der Waals surface area contributed by atoms with Crippen molar-refractivity contribution in [3.8, 4) is 11.5 Å². The summed E-state index contributed by atoms with van der Waals surface area (Å²) in [4.78, 5) is 25.1. The van der Waals surface area contributed by atoms with Crippen LogP contribution in [-0.2, 0) is 28.5 Å². The Bertz CT molecular complexity index is 1170. The van der Waals surface area contributed by atoms with Gasteiger partial charge < -0.3 is 54.3 Å². The van der Waals surface area contributed by atoms with Gasteiger partial charge in [-0.05, 0) is 24.3 Å². The van der Waals surface area contributed by atoms with Crippen LogP contribution in [0.3, 0.4) is 0 Å². The molecule has 1 aromatic rings. The molecule has 0 amide bonds. The molecular weight excluding hydrogens is 496 g/mol. The number of fused-ring (bicyclic) bond motifs is 1. The predicted molar refractivity (Wildman–Crippen MR) is 121 cm³/mol. The number of rotatable bonds is 6. The van der Waals surface area contributed by atoms with Gasteiger partial charge in [0.15, 0.2) is 29.5 Å². The summed E-state index contributed by atoms with van der Waals surface area (Å²) in [6.07, 6.45) is -7.05. The standard InChI is InChI=1S/C24H26O13/c1-9(26)34-22-18(30)16(8-25)36-24(20(22)32)37-23-19(31)17-13(29)6-11(27)7-15(17)35-21(23)10-3-4-12(28)14(5-10)33-2/h3-7,15-18,20,22,24-25,27-30,32H,8H2,1-2H3. The van der Waals surface area contributed by atoms with E-state index in [1.807, 2.05) is 0 Å². The molecule has 1 fully saturated rings. The van der Waals surface area contributed by atoms with Crippen molar-refractivity contribution in [2.75, 3.05) is 13.7 Å². The first-order valence-electron chi connectivity index (χ1n) is 11.2. The van der Waals surface area contributed by atoms with Gasteiger partial charge in [-0.25, -0.2) is 0 Å². The number of phenols is 1. The monoisotopic (exact) mass is 522 g/mol. The van der Waals surface area contributed by atoms with E-state index in [-0.39, 0.29) is 28.6 Å². The molecule has 200 valence electrons. The smallest absolute Gasteiger partial charge is 0.303 e. The Morgan fingerprint density at radius 1 is 1.14 bits per heavy atom. The van der Waals surface area contributed by atoms with Crippen LogP contribution in [0.5, 0.6) is 11.5 Å². The molecular formula is C24H26O13. The zero-order chi connectivity index (χ0) is 27.0. The quantitative estimate of drug-likeness (QED) is 0.272. The lowest BCUT2D eigenvalue weighted by atomic mass is 9.86. The molecule has 0 radical (unpaired) electrons. The summed E-state index contributed by atoms with van der Waals surface area (Å²) in [6, 6.07) is 3.99. The zero-order valence-electron chi connectivity index (χ0n) is 19.7. The Labute approximate surface area is 210 Å². The van der Waals surface area contributed by atoms with E-state index in [1.165, 1.54) is 31.4 Å². The lowest BCUT2D eigenvalue weighted by Gasteiger charge is -2.42. The van der Waals surface area contributed by atoms with Gasteiger partial charge in [0.25, 0.3) is 0 Å². The number of hydrogen-bond acceptors (Lipinski definition) is 13. The highest BCUT2D eigenvalue weighted by Crippen LogP contribution is 2.41. The first-order valence-corrected chi connectivity index (χ1v) is 11.2. The minimum atomic E-state index is -1.81. The van der Waals surface area contributed by atoms with Crippen molar-refractivity contribution >= 4 is 17.5 Å². The van der Waals surface area contributed by atoms with Gasteiger partial charge in [0.2, 0.25) is 17.8 Å². The summed E-state index contributed by atoms with van der Waals surface area (Å²) < 4.78 is 27.2. The molecule has 13 heteroatoms. The minimum Gasteiger partial charge on any atom is -0.511 e. The van der Waals surface area contributed by atoms with Crippen LogP contribution in [0.2, 0.25) is 0 Å². The van der Waals surface area contributed by atoms with Crippen LogP contribution < -0.4 is 4.74 Å². The highest BCUT2D eigenvalue weighted by molar-refractivity contribution is 6.04. The number of hydrogen-bond donors (Lipinski definition) is 6. The Kier molecular flexibility index (Phi) is 7.32. The minimum absolute atomic E-state index is 0.0274. The number of aliphatic hydroxyl groups is 5. The molecule has 37 heavy (non-hydrogen) atoms. The van der Waals surface area contributed by atoms with Crippen LogP contribution in [0.4, 0.5) is 0 Å². The van der Waals surface area contributed by atoms with Crippen LogP contribution in [0.1, 0.15) is 12.5 Å².